The van der Waals surface area contributed by atoms with Crippen LogP contribution in [0.2, 0.25) is 0 Å². The van der Waals surface area contributed by atoms with Crippen LogP contribution in [0.15, 0.2) is 53.9 Å². The minimum Gasteiger partial charge on any atom is -0.324 e. The molecular weight excluding hydrogens is 508 g/mol. The zero-order chi connectivity index (χ0) is 28.8. The number of anilines is 2. The molecule has 2 heterocycles. The fraction of sp³-hybridized carbons (Fsp3) is 0.343. The maximum absolute atomic E-state index is 13.2. The lowest BCUT2D eigenvalue weighted by molar-refractivity contribution is -0.115. The molecule has 0 unspecified atom stereocenters. The number of nitrogens with zero attached hydrogens (tertiary/aromatic N) is 2. The molecule has 0 spiro atoms. The van der Waals surface area contributed by atoms with Gasteiger partial charge in [0.2, 0.25) is 5.91 Å². The van der Waals surface area contributed by atoms with Gasteiger partial charge in [0.1, 0.15) is 0 Å². The van der Waals surface area contributed by atoms with Crippen molar-refractivity contribution in [3.05, 3.63) is 82.7 Å². The summed E-state index contributed by atoms with van der Waals surface area (Å²) in [5.41, 5.74) is 9.80. The molecule has 0 atom stereocenters. The number of aromatic nitrogens is 2. The molecule has 0 fully saturated rings. The van der Waals surface area contributed by atoms with E-state index in [4.69, 9.17) is 0 Å². The molecule has 0 aliphatic heterocycles. The van der Waals surface area contributed by atoms with Crippen molar-refractivity contribution < 1.29 is 9.59 Å². The average molecular weight is 546 g/mol. The van der Waals surface area contributed by atoms with E-state index in [-0.39, 0.29) is 18.2 Å². The maximum atomic E-state index is 13.2. The number of benzene rings is 1. The number of allylic oxidation sites excluding steroid dienone is 4. The van der Waals surface area contributed by atoms with Crippen LogP contribution in [0, 0.1) is 32.1 Å². The predicted molar refractivity (Wildman–Crippen MR) is 166 cm³/mol. The van der Waals surface area contributed by atoms with E-state index >= 15 is 0 Å². The highest BCUT2D eigenvalue weighted by Gasteiger charge is 2.24. The van der Waals surface area contributed by atoms with Crippen LogP contribution >= 0.6 is 0 Å². The molecule has 6 nitrogen and oxygen atoms in total. The number of carbonyl (C=O) groups is 2. The van der Waals surface area contributed by atoms with Gasteiger partial charge in [-0.2, -0.15) is 0 Å². The Morgan fingerprint density at radius 1 is 0.927 bits per heavy atom. The van der Waals surface area contributed by atoms with Gasteiger partial charge in [0.25, 0.3) is 5.91 Å². The number of hydrogen-bond acceptors (Lipinski definition) is 4. The molecule has 3 aromatic rings. The van der Waals surface area contributed by atoms with E-state index in [1.807, 2.05) is 13.0 Å². The predicted octanol–water partition coefficient (Wildman–Crippen LogP) is 7.88. The standard InChI is InChI=1S/C35H37N4O2/c1-4-5-6-7-8-9-10-11-34(40)38-30-20-32(24(3)36-22-30)39-35(41)29-18-28-19-31(23(2)16-33(28)37-21-29)25-12-14-26-17-27(26)15-13-25/h12,16-22H,4-8,11,13-15H2,1-3H3,(H,38,40)(H,39,41). The van der Waals surface area contributed by atoms with Gasteiger partial charge in [-0.1, -0.05) is 49.3 Å². The molecule has 6 heteroatoms. The van der Waals surface area contributed by atoms with Gasteiger partial charge < -0.3 is 10.6 Å². The summed E-state index contributed by atoms with van der Waals surface area (Å²) in [4.78, 5) is 34.6. The molecule has 41 heavy (non-hydrogen) atoms. The largest absolute Gasteiger partial charge is 0.324 e. The Morgan fingerprint density at radius 2 is 1.80 bits per heavy atom. The highest BCUT2D eigenvalue weighted by Crippen LogP contribution is 2.42. The third-order valence-corrected chi connectivity index (χ3v) is 7.69. The van der Waals surface area contributed by atoms with Crippen LogP contribution in [0.25, 0.3) is 16.5 Å². The van der Waals surface area contributed by atoms with Crippen LogP contribution in [-0.2, 0) is 4.79 Å². The molecule has 2 N–H and O–H groups in total. The number of carbonyl (C=O) groups excluding carboxylic acids is 2. The van der Waals surface area contributed by atoms with E-state index in [1.165, 1.54) is 47.1 Å². The van der Waals surface area contributed by atoms with Gasteiger partial charge in [-0.3, -0.25) is 19.6 Å². The second kappa shape index (κ2) is 13.0. The summed E-state index contributed by atoms with van der Waals surface area (Å²) in [7, 11) is 0. The van der Waals surface area contributed by atoms with Crippen LogP contribution in [0.4, 0.5) is 11.4 Å². The lowest BCUT2D eigenvalue weighted by Gasteiger charge is -2.13. The van der Waals surface area contributed by atoms with Crippen molar-refractivity contribution in [1.29, 1.82) is 0 Å². The minimum absolute atomic E-state index is 0.127. The van der Waals surface area contributed by atoms with Gasteiger partial charge in [0, 0.05) is 24.4 Å². The number of fused-ring (bicyclic) bond motifs is 1. The highest BCUT2D eigenvalue weighted by molar-refractivity contribution is 6.06. The van der Waals surface area contributed by atoms with Crippen LogP contribution < -0.4 is 10.6 Å². The van der Waals surface area contributed by atoms with Gasteiger partial charge in [-0.15, -0.1) is 5.92 Å². The van der Waals surface area contributed by atoms with Crippen LogP contribution in [-0.4, -0.2) is 21.8 Å². The van der Waals surface area contributed by atoms with Crippen molar-refractivity contribution in [3.8, 4) is 11.8 Å². The molecule has 2 aliphatic carbocycles. The first-order valence-electron chi connectivity index (χ1n) is 14.6. The number of hydrogen-bond donors (Lipinski definition) is 2. The molecule has 5 rings (SSSR count). The van der Waals surface area contributed by atoms with Crippen LogP contribution in [0.5, 0.6) is 0 Å². The number of unbranched alkanes of at least 4 members (excludes halogenated alkanes) is 4. The van der Waals surface area contributed by atoms with Crippen molar-refractivity contribution in [2.24, 2.45) is 0 Å². The van der Waals surface area contributed by atoms with E-state index in [0.717, 1.165) is 43.0 Å². The zero-order valence-electron chi connectivity index (χ0n) is 24.2. The van der Waals surface area contributed by atoms with Crippen LogP contribution in [0.3, 0.4) is 0 Å². The van der Waals surface area contributed by atoms with Crippen molar-refractivity contribution in [1.82, 2.24) is 9.97 Å². The van der Waals surface area contributed by atoms with Gasteiger partial charge in [-0.05, 0) is 80.5 Å². The van der Waals surface area contributed by atoms with Crippen LogP contribution in [0.1, 0.15) is 91.9 Å². The first-order valence-corrected chi connectivity index (χ1v) is 14.6. The summed E-state index contributed by atoms with van der Waals surface area (Å²) < 4.78 is 0. The molecule has 1 radical (unpaired) electrons. The second-order valence-electron chi connectivity index (χ2n) is 10.9. The summed E-state index contributed by atoms with van der Waals surface area (Å²) >= 11 is 0. The van der Waals surface area contributed by atoms with E-state index in [0.29, 0.717) is 22.6 Å². The first-order chi connectivity index (χ1) is 19.9. The fourth-order valence-electron chi connectivity index (χ4n) is 5.20. The Bertz CT molecular complexity index is 1620. The lowest BCUT2D eigenvalue weighted by Crippen LogP contribution is -2.15. The molecule has 0 bridgehead atoms. The topological polar surface area (TPSA) is 84.0 Å². The summed E-state index contributed by atoms with van der Waals surface area (Å²) in [6, 6.07) is 7.88. The van der Waals surface area contributed by atoms with Gasteiger partial charge >= 0.3 is 0 Å². The summed E-state index contributed by atoms with van der Waals surface area (Å²) in [6.07, 6.45) is 16.5. The van der Waals surface area contributed by atoms with Crippen molar-refractivity contribution in [2.45, 2.75) is 78.6 Å². The molecule has 0 saturated carbocycles. The Morgan fingerprint density at radius 3 is 2.66 bits per heavy atom. The molecule has 2 aromatic heterocycles. The molecule has 0 saturated heterocycles. The molecule has 209 valence electrons. The number of aryl methyl sites for hydroxylation is 2. The third kappa shape index (κ3) is 7.29. The number of pyridine rings is 2. The minimum atomic E-state index is -0.277. The Labute approximate surface area is 242 Å². The Balaban J connectivity index is 1.25. The number of rotatable bonds is 9. The van der Waals surface area contributed by atoms with Crippen molar-refractivity contribution in [3.63, 3.8) is 0 Å². The Hall–Kier alpha value is -4.24. The summed E-state index contributed by atoms with van der Waals surface area (Å²) in [6.45, 7) is 6.12. The number of amides is 2. The highest BCUT2D eigenvalue weighted by atomic mass is 16.2. The molecule has 2 amide bonds. The fourth-order valence-corrected chi connectivity index (χ4v) is 5.20. The molecule has 2 aliphatic rings. The first kappa shape index (κ1) is 28.3. The van der Waals surface area contributed by atoms with Crippen molar-refractivity contribution >= 4 is 39.7 Å². The SMILES string of the molecule is CCCCCCC#CCC(=O)Nc1cnc(C)c(NC(=O)c2cnc3cc(C)c(C4=CCC5=C([CH]5)CC4)cc3c2)c1. The summed E-state index contributed by atoms with van der Waals surface area (Å²) in [5, 5.41) is 6.71. The molecular formula is C35H37N4O2. The average Bonchev–Trinajstić information content (AvgIpc) is 3.74. The van der Waals surface area contributed by atoms with Crippen molar-refractivity contribution in [2.75, 3.05) is 10.6 Å². The quantitative estimate of drug-likeness (QED) is 0.212. The van der Waals surface area contributed by atoms with E-state index < -0.39 is 0 Å². The second-order valence-corrected chi connectivity index (χ2v) is 10.9. The lowest BCUT2D eigenvalue weighted by atomic mass is 9.93. The third-order valence-electron chi connectivity index (χ3n) is 7.69. The van der Waals surface area contributed by atoms with Gasteiger partial charge in [0.15, 0.2) is 0 Å². The van der Waals surface area contributed by atoms with E-state index in [9.17, 15) is 9.59 Å². The summed E-state index contributed by atoms with van der Waals surface area (Å²) in [5.74, 6) is 5.54. The monoisotopic (exact) mass is 545 g/mol. The zero-order valence-corrected chi connectivity index (χ0v) is 24.2. The normalized spacial score (nSPS) is 14.0. The van der Waals surface area contributed by atoms with Gasteiger partial charge in [0.05, 0.1) is 40.8 Å². The van der Waals surface area contributed by atoms with E-state index in [2.05, 4.69) is 70.9 Å². The Kier molecular flexibility index (Phi) is 8.94. The van der Waals surface area contributed by atoms with Gasteiger partial charge in [-0.25, -0.2) is 0 Å². The smallest absolute Gasteiger partial charge is 0.257 e. The van der Waals surface area contributed by atoms with E-state index in [1.54, 1.807) is 18.5 Å². The number of nitrogens with one attached hydrogen (secondary N) is 2. The maximum Gasteiger partial charge on any atom is 0.257 e. The molecule has 1 aromatic carbocycles.